The van der Waals surface area contributed by atoms with E-state index in [0.717, 1.165) is 13.0 Å². The summed E-state index contributed by atoms with van der Waals surface area (Å²) in [4.78, 5) is 5.76. The van der Waals surface area contributed by atoms with E-state index < -0.39 is 13.0 Å². The maximum absolute atomic E-state index is 12.5. The largest absolute Gasteiger partial charge is 0.395 e. The molecule has 0 spiro atoms. The van der Waals surface area contributed by atoms with E-state index in [1.165, 1.54) is 4.90 Å². The molecule has 0 fully saturated rings. The fourth-order valence-corrected chi connectivity index (χ4v) is 1.90. The number of aliphatic hydroxyl groups is 1. The van der Waals surface area contributed by atoms with Gasteiger partial charge in [-0.05, 0) is 18.6 Å². The first-order valence-electron chi connectivity index (χ1n) is 6.57. The molecule has 0 atom stereocenters. The lowest BCUT2D eigenvalue weighted by Crippen LogP contribution is -2.31. The Morgan fingerprint density at radius 3 is 2.80 bits per heavy atom. The van der Waals surface area contributed by atoms with Crippen LogP contribution < -0.4 is 5.32 Å². The van der Waals surface area contributed by atoms with Crippen molar-refractivity contribution in [2.45, 2.75) is 26.3 Å². The van der Waals surface area contributed by atoms with Crippen molar-refractivity contribution in [3.8, 4) is 0 Å². The summed E-state index contributed by atoms with van der Waals surface area (Å²) in [7, 11) is 0. The molecular weight excluding hydrogens is 288 g/mol. The molecule has 0 saturated heterocycles. The van der Waals surface area contributed by atoms with Gasteiger partial charge in [-0.2, -0.15) is 0 Å². The van der Waals surface area contributed by atoms with E-state index in [1.807, 2.05) is 6.92 Å². The van der Waals surface area contributed by atoms with Crippen LogP contribution in [0, 0.1) is 0 Å². The number of anilines is 1. The van der Waals surface area contributed by atoms with Gasteiger partial charge in [0.15, 0.2) is 0 Å². The third-order valence-electron chi connectivity index (χ3n) is 2.66. The quantitative estimate of drug-likeness (QED) is 0.736. The highest BCUT2D eigenvalue weighted by Crippen LogP contribution is 2.19. The number of nitrogens with zero attached hydrogens (tertiary/aromatic N) is 2. The molecule has 0 saturated carbocycles. The van der Waals surface area contributed by atoms with Crippen LogP contribution >= 0.6 is 11.6 Å². The highest BCUT2D eigenvalue weighted by Gasteiger charge is 2.14. The number of rotatable bonds is 9. The molecule has 2 N–H and O–H groups in total. The van der Waals surface area contributed by atoms with Crippen molar-refractivity contribution in [1.29, 1.82) is 0 Å². The monoisotopic (exact) mass is 307 g/mol. The highest BCUT2D eigenvalue weighted by molar-refractivity contribution is 6.31. The average Bonchev–Trinajstić information content (AvgIpc) is 2.39. The number of halogens is 3. The summed E-state index contributed by atoms with van der Waals surface area (Å²) < 4.78 is 24.9. The average molecular weight is 308 g/mol. The summed E-state index contributed by atoms with van der Waals surface area (Å²) >= 11 is 6.04. The van der Waals surface area contributed by atoms with E-state index in [-0.39, 0.29) is 19.7 Å². The minimum Gasteiger partial charge on any atom is -0.395 e. The van der Waals surface area contributed by atoms with Crippen molar-refractivity contribution >= 4 is 17.4 Å². The first-order valence-corrected chi connectivity index (χ1v) is 6.95. The lowest BCUT2D eigenvalue weighted by Gasteiger charge is -2.21. The van der Waals surface area contributed by atoms with Gasteiger partial charge in [0.1, 0.15) is 5.82 Å². The molecule has 0 aliphatic rings. The zero-order valence-electron chi connectivity index (χ0n) is 11.5. The number of aliphatic hydroxyl groups excluding tert-OH is 1. The topological polar surface area (TPSA) is 48.4 Å². The van der Waals surface area contributed by atoms with Gasteiger partial charge in [-0.25, -0.2) is 13.8 Å². The Kier molecular flexibility index (Phi) is 7.72. The molecule has 0 bridgehead atoms. The zero-order chi connectivity index (χ0) is 15.0. The lowest BCUT2D eigenvalue weighted by molar-refractivity contribution is 0.0741. The molecule has 0 amide bonds. The van der Waals surface area contributed by atoms with Gasteiger partial charge in [-0.1, -0.05) is 18.5 Å². The third-order valence-corrected chi connectivity index (χ3v) is 3.00. The molecule has 0 unspecified atom stereocenters. The Bertz CT molecular complexity index is 407. The van der Waals surface area contributed by atoms with Crippen LogP contribution in [0.4, 0.5) is 14.6 Å². The fourth-order valence-electron chi connectivity index (χ4n) is 1.73. The Balaban J connectivity index is 2.76. The fraction of sp³-hybridized carbons (Fsp3) is 0.615. The molecule has 1 heterocycles. The minimum absolute atomic E-state index is 0.162. The van der Waals surface area contributed by atoms with Gasteiger partial charge >= 0.3 is 0 Å². The van der Waals surface area contributed by atoms with Gasteiger partial charge in [-0.15, -0.1) is 0 Å². The van der Waals surface area contributed by atoms with Crippen LogP contribution in [0.25, 0.3) is 0 Å². The van der Waals surface area contributed by atoms with E-state index in [1.54, 1.807) is 12.1 Å². The Hall–Kier alpha value is -0.980. The van der Waals surface area contributed by atoms with Crippen LogP contribution in [0.5, 0.6) is 0 Å². The molecule has 1 aromatic heterocycles. The molecule has 20 heavy (non-hydrogen) atoms. The summed E-state index contributed by atoms with van der Waals surface area (Å²) in [6.45, 7) is 2.57. The zero-order valence-corrected chi connectivity index (χ0v) is 12.2. The molecule has 1 aromatic rings. The van der Waals surface area contributed by atoms with Gasteiger partial charge in [-0.3, -0.25) is 4.90 Å². The maximum atomic E-state index is 12.5. The summed E-state index contributed by atoms with van der Waals surface area (Å²) in [5.74, 6) is 0.673. The molecule has 114 valence electrons. The summed E-state index contributed by atoms with van der Waals surface area (Å²) in [5, 5.41) is 12.5. The molecule has 4 nitrogen and oxygen atoms in total. The standard InChI is InChI=1S/C13H20ClF2N3O/c1-2-5-17-13-4-3-10(14)11(18-13)8-19(6-7-20)9-12(15)16/h3-4,12,20H,2,5-9H2,1H3,(H,17,18). The molecule has 0 aliphatic carbocycles. The Labute approximate surface area is 122 Å². The summed E-state index contributed by atoms with van der Waals surface area (Å²) in [5.41, 5.74) is 0.530. The van der Waals surface area contributed by atoms with Gasteiger partial charge in [0.25, 0.3) is 6.43 Å². The van der Waals surface area contributed by atoms with Crippen molar-refractivity contribution in [3.05, 3.63) is 22.8 Å². The Morgan fingerprint density at radius 1 is 1.45 bits per heavy atom. The summed E-state index contributed by atoms with van der Waals surface area (Å²) in [6, 6.07) is 3.45. The van der Waals surface area contributed by atoms with Crippen LogP contribution in [0.2, 0.25) is 5.02 Å². The second kappa shape index (κ2) is 9.05. The van der Waals surface area contributed by atoms with Crippen LogP contribution in [0.15, 0.2) is 12.1 Å². The predicted octanol–water partition coefficient (Wildman–Crippen LogP) is 2.62. The van der Waals surface area contributed by atoms with Crippen LogP contribution in [0.1, 0.15) is 19.0 Å². The number of hydrogen-bond acceptors (Lipinski definition) is 4. The van der Waals surface area contributed by atoms with Crippen molar-refractivity contribution < 1.29 is 13.9 Å². The van der Waals surface area contributed by atoms with Crippen molar-refractivity contribution in [3.63, 3.8) is 0 Å². The molecular formula is C13H20ClF2N3O. The number of aromatic nitrogens is 1. The maximum Gasteiger partial charge on any atom is 0.251 e. The number of hydrogen-bond donors (Lipinski definition) is 2. The van der Waals surface area contributed by atoms with E-state index in [4.69, 9.17) is 16.7 Å². The van der Waals surface area contributed by atoms with Crippen molar-refractivity contribution in [2.75, 3.05) is 31.6 Å². The van der Waals surface area contributed by atoms with Gasteiger partial charge in [0, 0.05) is 19.6 Å². The second-order valence-electron chi connectivity index (χ2n) is 4.40. The molecule has 0 aliphatic heterocycles. The normalized spacial score (nSPS) is 11.3. The second-order valence-corrected chi connectivity index (χ2v) is 4.81. The van der Waals surface area contributed by atoms with Crippen LogP contribution in [-0.4, -0.2) is 47.7 Å². The van der Waals surface area contributed by atoms with Gasteiger partial charge in [0.05, 0.1) is 23.9 Å². The van der Waals surface area contributed by atoms with E-state index >= 15 is 0 Å². The minimum atomic E-state index is -2.46. The van der Waals surface area contributed by atoms with E-state index in [0.29, 0.717) is 16.5 Å². The van der Waals surface area contributed by atoms with Gasteiger partial charge in [0.2, 0.25) is 0 Å². The molecule has 0 radical (unpaired) electrons. The first kappa shape index (κ1) is 17.1. The van der Waals surface area contributed by atoms with Crippen molar-refractivity contribution in [2.24, 2.45) is 0 Å². The van der Waals surface area contributed by atoms with E-state index in [9.17, 15) is 8.78 Å². The lowest BCUT2D eigenvalue weighted by atomic mass is 10.3. The van der Waals surface area contributed by atoms with Crippen LogP contribution in [-0.2, 0) is 6.54 Å². The smallest absolute Gasteiger partial charge is 0.251 e. The third kappa shape index (κ3) is 5.98. The number of pyridine rings is 1. The number of alkyl halides is 2. The Morgan fingerprint density at radius 2 is 2.20 bits per heavy atom. The SMILES string of the molecule is CCCNc1ccc(Cl)c(CN(CCO)CC(F)F)n1. The molecule has 7 heteroatoms. The highest BCUT2D eigenvalue weighted by atomic mass is 35.5. The van der Waals surface area contributed by atoms with Crippen LogP contribution in [0.3, 0.4) is 0 Å². The van der Waals surface area contributed by atoms with Gasteiger partial charge < -0.3 is 10.4 Å². The molecule has 0 aromatic carbocycles. The van der Waals surface area contributed by atoms with E-state index in [2.05, 4.69) is 10.3 Å². The summed E-state index contributed by atoms with van der Waals surface area (Å²) in [6.07, 6.45) is -1.50. The van der Waals surface area contributed by atoms with Crippen molar-refractivity contribution in [1.82, 2.24) is 9.88 Å². The molecule has 1 rings (SSSR count). The predicted molar refractivity (Wildman–Crippen MR) is 76.4 cm³/mol. The first-order chi connectivity index (χ1) is 9.56. The number of nitrogens with one attached hydrogen (secondary N) is 1.